The minimum absolute atomic E-state index is 0.250. The van der Waals surface area contributed by atoms with Crippen molar-refractivity contribution in [2.24, 2.45) is 5.10 Å². The molecule has 0 spiro atoms. The van der Waals surface area contributed by atoms with Crippen LogP contribution in [0.25, 0.3) is 0 Å². The van der Waals surface area contributed by atoms with Gasteiger partial charge in [-0.25, -0.2) is 5.43 Å². The van der Waals surface area contributed by atoms with Crippen LogP contribution >= 0.6 is 34.8 Å². The molecule has 160 valence electrons. The number of rotatable bonds is 8. The van der Waals surface area contributed by atoms with Gasteiger partial charge in [-0.1, -0.05) is 46.9 Å². The number of benzene rings is 3. The van der Waals surface area contributed by atoms with E-state index in [1.807, 2.05) is 31.2 Å². The van der Waals surface area contributed by atoms with Crippen molar-refractivity contribution in [1.29, 1.82) is 0 Å². The number of ether oxygens (including phenoxy) is 2. The first kappa shape index (κ1) is 22.9. The number of amides is 1. The maximum atomic E-state index is 12.2. The Hall–Kier alpha value is -2.73. The lowest BCUT2D eigenvalue weighted by Crippen LogP contribution is -2.18. The van der Waals surface area contributed by atoms with E-state index in [1.165, 1.54) is 18.3 Å². The van der Waals surface area contributed by atoms with Gasteiger partial charge in [0.15, 0.2) is 11.5 Å². The minimum Gasteiger partial charge on any atom is -0.490 e. The highest BCUT2D eigenvalue weighted by molar-refractivity contribution is 6.36. The van der Waals surface area contributed by atoms with E-state index in [1.54, 1.807) is 24.3 Å². The third-order valence-electron chi connectivity index (χ3n) is 4.11. The SMILES string of the molecule is CCOc1cc(/C=N\NC(=O)c2ccc(Cl)cc2Cl)ccc1OCc1cccc(Cl)c1. The predicted octanol–water partition coefficient (Wildman–Crippen LogP) is 6.39. The summed E-state index contributed by atoms with van der Waals surface area (Å²) in [5.41, 5.74) is 4.40. The molecule has 0 bridgehead atoms. The van der Waals surface area contributed by atoms with E-state index < -0.39 is 5.91 Å². The van der Waals surface area contributed by atoms with Crippen molar-refractivity contribution in [3.63, 3.8) is 0 Å². The van der Waals surface area contributed by atoms with Gasteiger partial charge in [-0.3, -0.25) is 4.79 Å². The smallest absolute Gasteiger partial charge is 0.272 e. The number of halogens is 3. The summed E-state index contributed by atoms with van der Waals surface area (Å²) in [7, 11) is 0. The molecular formula is C23H19Cl3N2O3. The summed E-state index contributed by atoms with van der Waals surface area (Å²) in [6.45, 7) is 2.71. The van der Waals surface area contributed by atoms with Gasteiger partial charge in [0.25, 0.3) is 5.91 Å². The van der Waals surface area contributed by atoms with Crippen LogP contribution in [0, 0.1) is 0 Å². The summed E-state index contributed by atoms with van der Waals surface area (Å²) < 4.78 is 11.6. The van der Waals surface area contributed by atoms with Crippen molar-refractivity contribution in [3.8, 4) is 11.5 Å². The molecule has 3 aromatic rings. The van der Waals surface area contributed by atoms with E-state index in [4.69, 9.17) is 44.3 Å². The van der Waals surface area contributed by atoms with Crippen LogP contribution in [0.1, 0.15) is 28.4 Å². The summed E-state index contributed by atoms with van der Waals surface area (Å²) in [6.07, 6.45) is 1.50. The molecule has 31 heavy (non-hydrogen) atoms. The first-order chi connectivity index (χ1) is 15.0. The summed E-state index contributed by atoms with van der Waals surface area (Å²) >= 11 is 17.9. The Morgan fingerprint density at radius 2 is 1.77 bits per heavy atom. The molecule has 0 aliphatic carbocycles. The molecule has 1 N–H and O–H groups in total. The molecule has 1 amide bonds. The second-order valence-electron chi connectivity index (χ2n) is 6.38. The fourth-order valence-electron chi connectivity index (χ4n) is 2.68. The fourth-order valence-corrected chi connectivity index (χ4v) is 3.39. The highest BCUT2D eigenvalue weighted by Gasteiger charge is 2.10. The van der Waals surface area contributed by atoms with Crippen molar-refractivity contribution >= 4 is 46.9 Å². The van der Waals surface area contributed by atoms with Crippen LogP contribution in [-0.2, 0) is 6.61 Å². The number of hydrogen-bond donors (Lipinski definition) is 1. The van der Waals surface area contributed by atoms with Crippen molar-refractivity contribution < 1.29 is 14.3 Å². The normalized spacial score (nSPS) is 10.8. The molecule has 0 saturated carbocycles. The molecule has 0 saturated heterocycles. The van der Waals surface area contributed by atoms with Crippen molar-refractivity contribution in [2.75, 3.05) is 6.61 Å². The second-order valence-corrected chi connectivity index (χ2v) is 7.66. The van der Waals surface area contributed by atoms with Crippen molar-refractivity contribution in [2.45, 2.75) is 13.5 Å². The molecule has 0 unspecified atom stereocenters. The van der Waals surface area contributed by atoms with Gasteiger partial charge in [-0.2, -0.15) is 5.10 Å². The Balaban J connectivity index is 1.67. The van der Waals surface area contributed by atoms with E-state index in [-0.39, 0.29) is 10.6 Å². The fraction of sp³-hybridized carbons (Fsp3) is 0.130. The molecule has 0 radical (unpaired) electrons. The van der Waals surface area contributed by atoms with Gasteiger partial charge in [0.05, 0.1) is 23.4 Å². The number of nitrogens with zero attached hydrogens (tertiary/aromatic N) is 1. The first-order valence-electron chi connectivity index (χ1n) is 9.39. The molecule has 8 heteroatoms. The Kier molecular flexibility index (Phi) is 8.18. The maximum absolute atomic E-state index is 12.2. The van der Waals surface area contributed by atoms with E-state index in [0.29, 0.717) is 34.8 Å². The largest absolute Gasteiger partial charge is 0.490 e. The zero-order chi connectivity index (χ0) is 22.2. The summed E-state index contributed by atoms with van der Waals surface area (Å²) in [6, 6.07) is 17.5. The standard InChI is InChI=1S/C23H19Cl3N2O3/c1-2-30-22-11-15(6-9-21(22)31-14-16-4-3-5-17(24)10-16)13-27-28-23(29)19-8-7-18(25)12-20(19)26/h3-13H,2,14H2,1H3,(H,28,29)/b27-13-. The zero-order valence-corrected chi connectivity index (χ0v) is 18.8. The van der Waals surface area contributed by atoms with Crippen molar-refractivity contribution in [1.82, 2.24) is 5.43 Å². The Morgan fingerprint density at radius 1 is 0.968 bits per heavy atom. The third-order valence-corrected chi connectivity index (χ3v) is 4.89. The Bertz CT molecular complexity index is 1100. The van der Waals surface area contributed by atoms with E-state index in [0.717, 1.165) is 11.1 Å². The van der Waals surface area contributed by atoms with Gasteiger partial charge in [0.1, 0.15) is 6.61 Å². The summed E-state index contributed by atoms with van der Waals surface area (Å²) in [5.74, 6) is 0.723. The number of carbonyl (C=O) groups is 1. The number of hydrogen-bond acceptors (Lipinski definition) is 4. The molecule has 0 aliphatic rings. The lowest BCUT2D eigenvalue weighted by molar-refractivity contribution is 0.0955. The van der Waals surface area contributed by atoms with E-state index in [2.05, 4.69) is 10.5 Å². The molecule has 0 aliphatic heterocycles. The topological polar surface area (TPSA) is 59.9 Å². The quantitative estimate of drug-likeness (QED) is 0.302. The van der Waals surface area contributed by atoms with Crippen LogP contribution in [0.5, 0.6) is 11.5 Å². The Morgan fingerprint density at radius 3 is 2.52 bits per heavy atom. The zero-order valence-electron chi connectivity index (χ0n) is 16.6. The van der Waals surface area contributed by atoms with Gasteiger partial charge in [-0.05, 0) is 66.6 Å². The highest BCUT2D eigenvalue weighted by atomic mass is 35.5. The third kappa shape index (κ3) is 6.62. The van der Waals surface area contributed by atoms with Gasteiger partial charge < -0.3 is 9.47 Å². The van der Waals surface area contributed by atoms with Crippen LogP contribution in [0.3, 0.4) is 0 Å². The maximum Gasteiger partial charge on any atom is 0.272 e. The van der Waals surface area contributed by atoms with E-state index >= 15 is 0 Å². The molecule has 3 rings (SSSR count). The van der Waals surface area contributed by atoms with Crippen LogP contribution in [0.15, 0.2) is 65.8 Å². The van der Waals surface area contributed by atoms with Gasteiger partial charge in [-0.15, -0.1) is 0 Å². The lowest BCUT2D eigenvalue weighted by atomic mass is 10.2. The molecule has 0 atom stereocenters. The van der Waals surface area contributed by atoms with Crippen LogP contribution in [-0.4, -0.2) is 18.7 Å². The predicted molar refractivity (Wildman–Crippen MR) is 125 cm³/mol. The molecule has 3 aromatic carbocycles. The monoisotopic (exact) mass is 476 g/mol. The van der Waals surface area contributed by atoms with Crippen LogP contribution in [0.2, 0.25) is 15.1 Å². The molecule has 0 fully saturated rings. The second kappa shape index (κ2) is 11.0. The number of carbonyl (C=O) groups excluding carboxylic acids is 1. The minimum atomic E-state index is -0.440. The summed E-state index contributed by atoms with van der Waals surface area (Å²) in [4.78, 5) is 12.2. The van der Waals surface area contributed by atoms with Gasteiger partial charge in [0.2, 0.25) is 0 Å². The number of hydrazone groups is 1. The summed E-state index contributed by atoms with van der Waals surface area (Å²) in [5, 5.41) is 5.34. The molecule has 0 aromatic heterocycles. The average Bonchev–Trinajstić information content (AvgIpc) is 2.73. The van der Waals surface area contributed by atoms with Crippen LogP contribution < -0.4 is 14.9 Å². The van der Waals surface area contributed by atoms with Crippen molar-refractivity contribution in [3.05, 3.63) is 92.4 Å². The first-order valence-corrected chi connectivity index (χ1v) is 10.5. The van der Waals surface area contributed by atoms with Gasteiger partial charge in [0, 0.05) is 10.0 Å². The molecular weight excluding hydrogens is 459 g/mol. The van der Waals surface area contributed by atoms with Crippen LogP contribution in [0.4, 0.5) is 0 Å². The highest BCUT2D eigenvalue weighted by Crippen LogP contribution is 2.29. The molecule has 5 nitrogen and oxygen atoms in total. The Labute approximate surface area is 195 Å². The van der Waals surface area contributed by atoms with E-state index in [9.17, 15) is 4.79 Å². The molecule has 0 heterocycles. The van der Waals surface area contributed by atoms with Gasteiger partial charge >= 0.3 is 0 Å². The lowest BCUT2D eigenvalue weighted by Gasteiger charge is -2.13. The average molecular weight is 478 g/mol. The number of nitrogens with one attached hydrogen (secondary N) is 1.